The van der Waals surface area contributed by atoms with Gasteiger partial charge in [-0.3, -0.25) is 38.4 Å². The van der Waals surface area contributed by atoms with Gasteiger partial charge in [0.25, 0.3) is 0 Å². The number of hydrogen-bond donors (Lipinski definition) is 11. The van der Waals surface area contributed by atoms with Crippen molar-refractivity contribution < 1.29 is 63.6 Å². The summed E-state index contributed by atoms with van der Waals surface area (Å²) in [7, 11) is 0. The Morgan fingerprint density at radius 3 is 1.60 bits per heavy atom. The highest BCUT2D eigenvalue weighted by atomic mass is 35.5. The molecule has 1 rings (SSSR count). The Morgan fingerprint density at radius 2 is 1.14 bits per heavy atom. The number of nitrogens with two attached hydrogens (primary N) is 1. The number of carboxylic acid groups (broad SMARTS) is 4. The summed E-state index contributed by atoms with van der Waals surface area (Å²) in [6, 6.07) is -8.97. The number of nitrogens with one attached hydrogen (secondary N) is 5. The predicted molar refractivity (Wildman–Crippen MR) is 209 cm³/mol. The second-order valence-corrected chi connectivity index (χ2v) is 14.2. The van der Waals surface area contributed by atoms with E-state index in [0.29, 0.717) is 0 Å². The summed E-state index contributed by atoms with van der Waals surface area (Å²) in [5.74, 6) is -10.6. The molecular weight excluding hydrogens is 792 g/mol. The number of thiol groups is 1. The molecule has 1 saturated carbocycles. The first kappa shape index (κ1) is 50.1. The molecule has 318 valence electrons. The number of allylic oxidation sites excluding steroid dienone is 5. The van der Waals surface area contributed by atoms with E-state index in [1.54, 1.807) is 6.08 Å². The smallest absolute Gasteiger partial charge is 0.327 e. The topological polar surface area (TPSA) is 321 Å². The molecule has 6 atom stereocenters. The Bertz CT molecular complexity index is 1520. The van der Waals surface area contributed by atoms with E-state index in [0.717, 1.165) is 32.1 Å². The second-order valence-electron chi connectivity index (χ2n) is 13.4. The van der Waals surface area contributed by atoms with Gasteiger partial charge in [0, 0.05) is 23.6 Å². The van der Waals surface area contributed by atoms with Gasteiger partial charge in [0.05, 0.1) is 12.5 Å². The molecule has 0 saturated heterocycles. The minimum Gasteiger partial charge on any atom is -0.481 e. The molecule has 0 aliphatic heterocycles. The molecule has 19 nitrogen and oxygen atoms in total. The molecule has 0 aromatic heterocycles. The quantitative estimate of drug-likeness (QED) is 0.0398. The normalized spacial score (nSPS) is 16.4. The molecule has 1 aliphatic rings. The Kier molecular flexibility index (Phi) is 23.6. The molecular formula is C36H53ClN6O13S. The van der Waals surface area contributed by atoms with Gasteiger partial charge in [0.2, 0.25) is 29.5 Å². The van der Waals surface area contributed by atoms with Gasteiger partial charge < -0.3 is 52.7 Å². The van der Waals surface area contributed by atoms with Crippen LogP contribution in [0.1, 0.15) is 83.5 Å². The molecule has 0 heterocycles. The first-order valence-electron chi connectivity index (χ1n) is 18.3. The number of hydrogen-bond acceptors (Lipinski definition) is 11. The fraction of sp³-hybridized carbons (Fsp3) is 0.583. The third-order valence-corrected chi connectivity index (χ3v) is 9.44. The van der Waals surface area contributed by atoms with Gasteiger partial charge in [-0.25, -0.2) is 4.79 Å². The van der Waals surface area contributed by atoms with Crippen molar-refractivity contribution in [1.29, 1.82) is 0 Å². The maximum atomic E-state index is 13.9. The van der Waals surface area contributed by atoms with Gasteiger partial charge in [-0.2, -0.15) is 12.6 Å². The van der Waals surface area contributed by atoms with Crippen LogP contribution in [0, 0.1) is 5.92 Å². The summed E-state index contributed by atoms with van der Waals surface area (Å²) >= 11 is 10.0. The lowest BCUT2D eigenvalue weighted by Gasteiger charge is -2.29. The highest BCUT2D eigenvalue weighted by molar-refractivity contribution is 7.80. The first-order valence-corrected chi connectivity index (χ1v) is 19.3. The number of aliphatic carboxylic acids is 4. The summed E-state index contributed by atoms with van der Waals surface area (Å²) in [6.07, 6.45) is 7.17. The van der Waals surface area contributed by atoms with Crippen LogP contribution in [0.2, 0.25) is 0 Å². The van der Waals surface area contributed by atoms with Gasteiger partial charge in [-0.15, -0.1) is 0 Å². The van der Waals surface area contributed by atoms with Gasteiger partial charge in [0.15, 0.2) is 0 Å². The standard InChI is InChI=1S/C36H53ClN6O13S/c1-2-8-21(37)11-6-7-12-23(40-33(52)24(13-15-28(44)45)39-31(50)22(38)18-30(48)49)32(51)41-25(14-16-29(46)47)34(53)42-26(17-20-9-4-3-5-10-20)35(54)43-27(19-57)36(55)56/h2,6,8,11,20,22-27,57H,1,3-5,7,9-10,12-19,38H2,(H,39,50)(H,40,52)(H,41,51)(H,42,53)(H,43,54)(H,44,45)(H,46,47)(H,48,49)(H,55,56)/b11-6-,21-8+/t22-,23-,24-,25-,26-,27-/m0/s1. The van der Waals surface area contributed by atoms with E-state index in [-0.39, 0.29) is 36.0 Å². The Morgan fingerprint density at radius 1 is 0.684 bits per heavy atom. The molecule has 0 aromatic rings. The summed E-state index contributed by atoms with van der Waals surface area (Å²) in [5.41, 5.74) is 5.61. The number of rotatable bonds is 27. The Hall–Kier alpha value is -4.95. The van der Waals surface area contributed by atoms with E-state index in [1.807, 2.05) is 0 Å². The number of carbonyl (C=O) groups excluding carboxylic acids is 5. The van der Waals surface area contributed by atoms with Crippen LogP contribution in [0.25, 0.3) is 0 Å². The van der Waals surface area contributed by atoms with E-state index in [9.17, 15) is 58.5 Å². The fourth-order valence-electron chi connectivity index (χ4n) is 5.79. The largest absolute Gasteiger partial charge is 0.481 e. The molecule has 5 amide bonds. The lowest BCUT2D eigenvalue weighted by molar-refractivity contribution is -0.142. The van der Waals surface area contributed by atoms with E-state index in [4.69, 9.17) is 22.4 Å². The van der Waals surface area contributed by atoms with Crippen molar-refractivity contribution in [2.75, 3.05) is 5.75 Å². The number of halogens is 1. The Balaban J connectivity index is 3.47. The third-order valence-electron chi connectivity index (χ3n) is 8.82. The molecule has 57 heavy (non-hydrogen) atoms. The second kappa shape index (κ2) is 26.8. The van der Waals surface area contributed by atoms with Crippen molar-refractivity contribution in [1.82, 2.24) is 26.6 Å². The molecule has 0 unspecified atom stereocenters. The average Bonchev–Trinajstić information content (AvgIpc) is 3.14. The van der Waals surface area contributed by atoms with Crippen molar-refractivity contribution in [2.24, 2.45) is 11.7 Å². The zero-order chi connectivity index (χ0) is 43.1. The predicted octanol–water partition coefficient (Wildman–Crippen LogP) is 0.572. The maximum Gasteiger partial charge on any atom is 0.327 e. The zero-order valence-electron chi connectivity index (χ0n) is 31.3. The first-order chi connectivity index (χ1) is 26.9. The van der Waals surface area contributed by atoms with Crippen molar-refractivity contribution in [2.45, 2.75) is 120 Å². The van der Waals surface area contributed by atoms with Crippen molar-refractivity contribution in [3.8, 4) is 0 Å². The minimum atomic E-state index is -1.61. The van der Waals surface area contributed by atoms with Crippen LogP contribution in [0.5, 0.6) is 0 Å². The summed E-state index contributed by atoms with van der Waals surface area (Å²) < 4.78 is 0. The van der Waals surface area contributed by atoms with Crippen molar-refractivity contribution >= 4 is 77.6 Å². The molecule has 0 bridgehead atoms. The summed E-state index contributed by atoms with van der Waals surface area (Å²) in [4.78, 5) is 113. The molecule has 21 heteroatoms. The van der Waals surface area contributed by atoms with Crippen LogP contribution in [0.3, 0.4) is 0 Å². The van der Waals surface area contributed by atoms with E-state index in [2.05, 4.69) is 45.8 Å². The van der Waals surface area contributed by atoms with E-state index < -0.39 is 122 Å². The van der Waals surface area contributed by atoms with Crippen LogP contribution in [0.4, 0.5) is 0 Å². The molecule has 11 N–H and O–H groups in total. The Labute approximate surface area is 340 Å². The number of carbonyl (C=O) groups is 9. The van der Waals surface area contributed by atoms with Gasteiger partial charge in [-0.05, 0) is 50.2 Å². The molecule has 0 aromatic carbocycles. The van der Waals surface area contributed by atoms with Crippen molar-refractivity contribution in [3.05, 3.63) is 35.9 Å². The average molecular weight is 845 g/mol. The summed E-state index contributed by atoms with van der Waals surface area (Å²) in [5, 5.41) is 49.4. The van der Waals surface area contributed by atoms with Gasteiger partial charge in [0.1, 0.15) is 30.2 Å². The monoisotopic (exact) mass is 844 g/mol. The minimum absolute atomic E-state index is 0.00291. The van der Waals surface area contributed by atoms with Crippen LogP contribution in [-0.4, -0.2) is 116 Å². The maximum absolute atomic E-state index is 13.9. The van der Waals surface area contributed by atoms with Crippen molar-refractivity contribution in [3.63, 3.8) is 0 Å². The SMILES string of the molecule is C=C/C=C(Cl)\C=C/CC[C@H](NC(=O)[C@H](CCC(=O)O)NC(=O)[C@@H](N)CC(=O)O)C(=O)N[C@@H](CCC(=O)O)C(=O)N[C@@H](CC1CCCCC1)C(=O)N[C@@H](CS)C(=O)O. The number of amides is 5. The lowest BCUT2D eigenvalue weighted by atomic mass is 9.84. The van der Waals surface area contributed by atoms with E-state index >= 15 is 0 Å². The van der Waals surface area contributed by atoms with E-state index in [1.165, 1.54) is 18.2 Å². The van der Waals surface area contributed by atoms with Gasteiger partial charge in [-0.1, -0.05) is 62.4 Å². The third kappa shape index (κ3) is 20.7. The molecule has 0 radical (unpaired) electrons. The lowest BCUT2D eigenvalue weighted by Crippen LogP contribution is -2.59. The van der Waals surface area contributed by atoms with Crippen LogP contribution >= 0.6 is 24.2 Å². The van der Waals surface area contributed by atoms with Crippen LogP contribution < -0.4 is 32.3 Å². The zero-order valence-corrected chi connectivity index (χ0v) is 33.0. The van der Waals surface area contributed by atoms with Crippen LogP contribution in [0.15, 0.2) is 35.9 Å². The molecule has 1 fully saturated rings. The van der Waals surface area contributed by atoms with Crippen LogP contribution in [-0.2, 0) is 43.2 Å². The fourth-order valence-corrected chi connectivity index (χ4v) is 6.22. The summed E-state index contributed by atoms with van der Waals surface area (Å²) in [6.45, 7) is 3.53. The van der Waals surface area contributed by atoms with Gasteiger partial charge >= 0.3 is 23.9 Å². The highest BCUT2D eigenvalue weighted by Crippen LogP contribution is 2.27. The highest BCUT2D eigenvalue weighted by Gasteiger charge is 2.34. The number of carboxylic acids is 4. The molecule has 0 spiro atoms. The molecule has 1 aliphatic carbocycles.